The van der Waals surface area contributed by atoms with Gasteiger partial charge in [-0.15, -0.1) is 0 Å². The van der Waals surface area contributed by atoms with E-state index in [9.17, 15) is 4.79 Å². The van der Waals surface area contributed by atoms with Gasteiger partial charge in [-0.05, 0) is 55.0 Å². The van der Waals surface area contributed by atoms with Gasteiger partial charge in [0.1, 0.15) is 5.75 Å². The first-order valence-electron chi connectivity index (χ1n) is 10.8. The highest BCUT2D eigenvalue weighted by molar-refractivity contribution is 5.83. The first kappa shape index (κ1) is 20.5. The van der Waals surface area contributed by atoms with Crippen LogP contribution in [-0.2, 0) is 22.5 Å². The minimum Gasteiger partial charge on any atom is -0.497 e. The zero-order valence-corrected chi connectivity index (χ0v) is 17.6. The van der Waals surface area contributed by atoms with Crippen LogP contribution in [-0.4, -0.2) is 42.2 Å². The van der Waals surface area contributed by atoms with Gasteiger partial charge in [-0.1, -0.05) is 30.3 Å². The molecule has 2 heterocycles. The van der Waals surface area contributed by atoms with Crippen molar-refractivity contribution >= 4 is 16.8 Å². The van der Waals surface area contributed by atoms with Gasteiger partial charge in [-0.2, -0.15) is 0 Å². The van der Waals surface area contributed by atoms with Crippen molar-refractivity contribution in [2.45, 2.75) is 44.8 Å². The van der Waals surface area contributed by atoms with Crippen molar-refractivity contribution in [3.05, 3.63) is 65.9 Å². The molecule has 30 heavy (non-hydrogen) atoms. The molecule has 1 fully saturated rings. The van der Waals surface area contributed by atoms with E-state index in [1.807, 2.05) is 35.2 Å². The number of aryl methyl sites for hydroxylation is 1. The van der Waals surface area contributed by atoms with E-state index in [4.69, 9.17) is 9.47 Å². The molecule has 3 aromatic rings. The standard InChI is InChI=1S/C25H30N2O3/c1-29-21-9-4-7-19(15-21)17-27(18-22-10-6-14-30-22)25(28)13-5-8-20-16-26-24-12-3-2-11-23(20)24/h2-4,7,9,11-12,15-16,22,26H,5-6,8,10,13-14,17-18H2,1H3. The molecule has 1 N–H and O–H groups in total. The first-order valence-corrected chi connectivity index (χ1v) is 10.8. The van der Waals surface area contributed by atoms with Crippen LogP contribution in [0, 0.1) is 0 Å². The molecular weight excluding hydrogens is 376 g/mol. The van der Waals surface area contributed by atoms with Crippen LogP contribution in [0.15, 0.2) is 54.7 Å². The lowest BCUT2D eigenvalue weighted by Crippen LogP contribution is -2.36. The summed E-state index contributed by atoms with van der Waals surface area (Å²) in [5, 5.41) is 1.25. The van der Waals surface area contributed by atoms with Gasteiger partial charge in [0.05, 0.1) is 13.2 Å². The molecular formula is C25H30N2O3. The zero-order valence-electron chi connectivity index (χ0n) is 17.6. The highest BCUT2D eigenvalue weighted by atomic mass is 16.5. The number of amides is 1. The average molecular weight is 407 g/mol. The van der Waals surface area contributed by atoms with Crippen LogP contribution in [0.25, 0.3) is 10.9 Å². The predicted molar refractivity (Wildman–Crippen MR) is 119 cm³/mol. The molecule has 0 aliphatic carbocycles. The van der Waals surface area contributed by atoms with Crippen molar-refractivity contribution in [1.29, 1.82) is 0 Å². The van der Waals surface area contributed by atoms with Crippen LogP contribution in [0.4, 0.5) is 0 Å². The summed E-state index contributed by atoms with van der Waals surface area (Å²) in [5.41, 5.74) is 3.51. The Morgan fingerprint density at radius 2 is 2.13 bits per heavy atom. The molecule has 1 aliphatic rings. The maximum absolute atomic E-state index is 13.1. The molecule has 1 atom stereocenters. The lowest BCUT2D eigenvalue weighted by atomic mass is 10.1. The maximum atomic E-state index is 13.1. The van der Waals surface area contributed by atoms with Crippen LogP contribution in [0.1, 0.15) is 36.8 Å². The number of carbonyl (C=O) groups is 1. The molecule has 0 bridgehead atoms. The van der Waals surface area contributed by atoms with Gasteiger partial charge < -0.3 is 19.4 Å². The number of H-pyrrole nitrogens is 1. The molecule has 1 saturated heterocycles. The summed E-state index contributed by atoms with van der Waals surface area (Å²) >= 11 is 0. The van der Waals surface area contributed by atoms with E-state index in [0.717, 1.165) is 49.1 Å². The van der Waals surface area contributed by atoms with Crippen LogP contribution < -0.4 is 4.74 Å². The number of nitrogens with zero attached hydrogens (tertiary/aromatic N) is 1. The van der Waals surface area contributed by atoms with Crippen molar-refractivity contribution in [2.24, 2.45) is 0 Å². The second kappa shape index (κ2) is 9.81. The Hall–Kier alpha value is -2.79. The van der Waals surface area contributed by atoms with Gasteiger partial charge in [0, 0.05) is 43.2 Å². The van der Waals surface area contributed by atoms with E-state index >= 15 is 0 Å². The summed E-state index contributed by atoms with van der Waals surface area (Å²) in [5.74, 6) is 1.00. The topological polar surface area (TPSA) is 54.6 Å². The molecule has 158 valence electrons. The van der Waals surface area contributed by atoms with Gasteiger partial charge in [-0.25, -0.2) is 0 Å². The summed E-state index contributed by atoms with van der Waals surface area (Å²) in [6.07, 6.45) is 6.58. The number of hydrogen-bond donors (Lipinski definition) is 1. The number of carbonyl (C=O) groups excluding carboxylic acids is 1. The molecule has 1 amide bonds. The Bertz CT molecular complexity index is 975. The predicted octanol–water partition coefficient (Wildman–Crippen LogP) is 4.71. The molecule has 1 aliphatic heterocycles. The lowest BCUT2D eigenvalue weighted by Gasteiger charge is -2.26. The number of ether oxygens (including phenoxy) is 2. The van der Waals surface area contributed by atoms with Crippen LogP contribution >= 0.6 is 0 Å². The number of aromatic amines is 1. The molecule has 0 spiro atoms. The number of aromatic nitrogens is 1. The monoisotopic (exact) mass is 406 g/mol. The fourth-order valence-corrected chi connectivity index (χ4v) is 4.21. The second-order valence-electron chi connectivity index (χ2n) is 7.97. The van der Waals surface area contributed by atoms with Crippen molar-refractivity contribution in [3.63, 3.8) is 0 Å². The molecule has 0 saturated carbocycles. The summed E-state index contributed by atoms with van der Waals surface area (Å²) in [6, 6.07) is 16.3. The highest BCUT2D eigenvalue weighted by Gasteiger charge is 2.22. The van der Waals surface area contributed by atoms with Crippen molar-refractivity contribution in [1.82, 2.24) is 9.88 Å². The van der Waals surface area contributed by atoms with E-state index < -0.39 is 0 Å². The summed E-state index contributed by atoms with van der Waals surface area (Å²) < 4.78 is 11.1. The average Bonchev–Trinajstić information content (AvgIpc) is 3.43. The number of benzene rings is 2. The number of hydrogen-bond acceptors (Lipinski definition) is 3. The third-order valence-electron chi connectivity index (χ3n) is 5.82. The number of methoxy groups -OCH3 is 1. The number of fused-ring (bicyclic) bond motifs is 1. The Morgan fingerprint density at radius 3 is 2.97 bits per heavy atom. The molecule has 0 radical (unpaired) electrons. The second-order valence-corrected chi connectivity index (χ2v) is 7.97. The summed E-state index contributed by atoms with van der Waals surface area (Å²) in [7, 11) is 1.67. The van der Waals surface area contributed by atoms with E-state index in [1.165, 1.54) is 10.9 Å². The molecule has 5 heteroatoms. The molecule has 1 aromatic heterocycles. The zero-order chi connectivity index (χ0) is 20.8. The van der Waals surface area contributed by atoms with Gasteiger partial charge in [0.2, 0.25) is 5.91 Å². The van der Waals surface area contributed by atoms with Crippen LogP contribution in [0.5, 0.6) is 5.75 Å². The highest BCUT2D eigenvalue weighted by Crippen LogP contribution is 2.21. The van der Waals surface area contributed by atoms with E-state index in [1.54, 1.807) is 7.11 Å². The minimum absolute atomic E-state index is 0.146. The molecule has 4 rings (SSSR count). The van der Waals surface area contributed by atoms with Gasteiger partial charge in [0.15, 0.2) is 0 Å². The molecule has 2 aromatic carbocycles. The SMILES string of the molecule is COc1cccc(CN(CC2CCCO2)C(=O)CCCc2c[nH]c3ccccc23)c1. The van der Waals surface area contributed by atoms with Crippen LogP contribution in [0.3, 0.4) is 0 Å². The Kier molecular flexibility index (Phi) is 6.70. The maximum Gasteiger partial charge on any atom is 0.222 e. The number of nitrogens with one attached hydrogen (secondary N) is 1. The number of para-hydroxylation sites is 1. The van der Waals surface area contributed by atoms with Crippen molar-refractivity contribution in [2.75, 3.05) is 20.3 Å². The van der Waals surface area contributed by atoms with E-state index in [-0.39, 0.29) is 12.0 Å². The molecule has 1 unspecified atom stereocenters. The van der Waals surface area contributed by atoms with E-state index in [2.05, 4.69) is 29.4 Å². The van der Waals surface area contributed by atoms with Gasteiger partial charge in [0.25, 0.3) is 0 Å². The normalized spacial score (nSPS) is 16.1. The third-order valence-corrected chi connectivity index (χ3v) is 5.82. The van der Waals surface area contributed by atoms with E-state index in [0.29, 0.717) is 19.5 Å². The van der Waals surface area contributed by atoms with Crippen LogP contribution in [0.2, 0.25) is 0 Å². The third kappa shape index (κ3) is 5.03. The Labute approximate surface area is 178 Å². The quantitative estimate of drug-likeness (QED) is 0.560. The Balaban J connectivity index is 1.39. The summed E-state index contributed by atoms with van der Waals surface area (Å²) in [4.78, 5) is 18.4. The van der Waals surface area contributed by atoms with Crippen molar-refractivity contribution < 1.29 is 14.3 Å². The number of rotatable bonds is 9. The first-order chi connectivity index (χ1) is 14.7. The smallest absolute Gasteiger partial charge is 0.222 e. The fourth-order valence-electron chi connectivity index (χ4n) is 4.21. The fraction of sp³-hybridized carbons (Fsp3) is 0.400. The van der Waals surface area contributed by atoms with Crippen molar-refractivity contribution in [3.8, 4) is 5.75 Å². The Morgan fingerprint density at radius 1 is 1.23 bits per heavy atom. The lowest BCUT2D eigenvalue weighted by molar-refractivity contribution is -0.133. The van der Waals surface area contributed by atoms with Gasteiger partial charge >= 0.3 is 0 Å². The molecule has 5 nitrogen and oxygen atoms in total. The largest absolute Gasteiger partial charge is 0.497 e. The summed E-state index contributed by atoms with van der Waals surface area (Å²) in [6.45, 7) is 2.04. The minimum atomic E-state index is 0.146. The van der Waals surface area contributed by atoms with Gasteiger partial charge in [-0.3, -0.25) is 4.79 Å².